The van der Waals surface area contributed by atoms with Crippen molar-refractivity contribution in [2.45, 2.75) is 76.8 Å². The van der Waals surface area contributed by atoms with E-state index in [1.54, 1.807) is 0 Å². The van der Waals surface area contributed by atoms with Crippen LogP contribution in [0.1, 0.15) is 64.7 Å². The zero-order chi connectivity index (χ0) is 16.0. The zero-order valence-corrected chi connectivity index (χ0v) is 14.3. The molecule has 0 spiro atoms. The molecule has 4 fully saturated rings. The first-order valence-corrected chi connectivity index (χ1v) is 9.71. The predicted molar refractivity (Wildman–Crippen MR) is 88.6 cm³/mol. The van der Waals surface area contributed by atoms with E-state index in [9.17, 15) is 9.59 Å². The van der Waals surface area contributed by atoms with Gasteiger partial charge >= 0.3 is 0 Å². The summed E-state index contributed by atoms with van der Waals surface area (Å²) >= 11 is 0. The number of fused-ring (bicyclic) bond motifs is 2. The largest absolute Gasteiger partial charge is 0.353 e. The number of likely N-dealkylation sites (tertiary alicyclic amines) is 1. The lowest BCUT2D eigenvalue weighted by Crippen LogP contribution is -2.44. The van der Waals surface area contributed by atoms with E-state index in [0.717, 1.165) is 24.7 Å². The Labute approximate surface area is 139 Å². The molecule has 2 bridgehead atoms. The number of nitrogens with one attached hydrogen (secondary N) is 1. The van der Waals surface area contributed by atoms with Crippen molar-refractivity contribution >= 4 is 11.8 Å². The van der Waals surface area contributed by atoms with Crippen molar-refractivity contribution in [3.8, 4) is 0 Å². The molecule has 0 aromatic heterocycles. The molecule has 0 unspecified atom stereocenters. The monoisotopic (exact) mass is 318 g/mol. The van der Waals surface area contributed by atoms with Gasteiger partial charge in [0.2, 0.25) is 11.8 Å². The van der Waals surface area contributed by atoms with E-state index in [2.05, 4.69) is 12.2 Å². The molecular formula is C19H30N2O2. The lowest BCUT2D eigenvalue weighted by atomic mass is 9.84. The molecule has 128 valence electrons. The Balaban J connectivity index is 1.31. The molecule has 23 heavy (non-hydrogen) atoms. The quantitative estimate of drug-likeness (QED) is 0.866. The number of hydrogen-bond acceptors (Lipinski definition) is 2. The fraction of sp³-hybridized carbons (Fsp3) is 0.895. The van der Waals surface area contributed by atoms with Crippen LogP contribution in [0.4, 0.5) is 0 Å². The molecule has 5 atom stereocenters. The van der Waals surface area contributed by atoms with Gasteiger partial charge in [0, 0.05) is 25.0 Å². The summed E-state index contributed by atoms with van der Waals surface area (Å²) in [6, 6.07) is 0.678. The molecule has 0 radical (unpaired) electrons. The van der Waals surface area contributed by atoms with Crippen LogP contribution in [0.5, 0.6) is 0 Å². The fourth-order valence-electron chi connectivity index (χ4n) is 5.83. The average Bonchev–Trinajstić information content (AvgIpc) is 3.30. The van der Waals surface area contributed by atoms with Crippen LogP contribution >= 0.6 is 0 Å². The highest BCUT2D eigenvalue weighted by atomic mass is 16.2. The molecule has 4 aliphatic rings. The summed E-state index contributed by atoms with van der Waals surface area (Å²) in [5.74, 6) is 2.61. The molecular weight excluding hydrogens is 288 g/mol. The second-order valence-electron chi connectivity index (χ2n) is 8.52. The number of amides is 2. The van der Waals surface area contributed by atoms with Crippen molar-refractivity contribution in [1.29, 1.82) is 0 Å². The van der Waals surface area contributed by atoms with E-state index in [4.69, 9.17) is 0 Å². The smallest absolute Gasteiger partial charge is 0.225 e. The number of carbonyl (C=O) groups is 2. The minimum absolute atomic E-state index is 0.120. The van der Waals surface area contributed by atoms with E-state index >= 15 is 0 Å². The molecule has 1 heterocycles. The molecule has 3 aliphatic carbocycles. The Kier molecular flexibility index (Phi) is 4.10. The maximum Gasteiger partial charge on any atom is 0.225 e. The Morgan fingerprint density at radius 2 is 1.96 bits per heavy atom. The van der Waals surface area contributed by atoms with E-state index < -0.39 is 0 Å². The lowest BCUT2D eigenvalue weighted by Gasteiger charge is -2.29. The Morgan fingerprint density at radius 1 is 1.17 bits per heavy atom. The highest BCUT2D eigenvalue weighted by Gasteiger charge is 2.43. The lowest BCUT2D eigenvalue weighted by molar-refractivity contribution is -0.130. The molecule has 0 aromatic rings. The summed E-state index contributed by atoms with van der Waals surface area (Å²) in [5, 5.41) is 3.26. The zero-order valence-electron chi connectivity index (χ0n) is 14.3. The van der Waals surface area contributed by atoms with Crippen LogP contribution in [-0.4, -0.2) is 35.3 Å². The minimum Gasteiger partial charge on any atom is -0.353 e. The fourth-order valence-corrected chi connectivity index (χ4v) is 5.83. The van der Waals surface area contributed by atoms with Gasteiger partial charge in [0.25, 0.3) is 0 Å². The van der Waals surface area contributed by atoms with Crippen molar-refractivity contribution in [1.82, 2.24) is 10.2 Å². The SMILES string of the molecule is C[C@H](NC(=O)[C@@H]1CC(=O)N(C2CCCC2)C1)[C@@H]1C[C@H]2CC[C@H]1C2. The summed E-state index contributed by atoms with van der Waals surface area (Å²) in [6.45, 7) is 2.83. The number of nitrogens with zero attached hydrogens (tertiary/aromatic N) is 1. The van der Waals surface area contributed by atoms with Crippen LogP contribution in [0.3, 0.4) is 0 Å². The van der Waals surface area contributed by atoms with Crippen LogP contribution in [-0.2, 0) is 9.59 Å². The van der Waals surface area contributed by atoms with E-state index in [0.29, 0.717) is 24.9 Å². The van der Waals surface area contributed by atoms with Gasteiger partial charge in [0.1, 0.15) is 0 Å². The van der Waals surface area contributed by atoms with Crippen LogP contribution in [0.15, 0.2) is 0 Å². The Bertz CT molecular complexity index is 486. The third-order valence-corrected chi connectivity index (χ3v) is 7.10. The highest BCUT2D eigenvalue weighted by molar-refractivity contribution is 5.89. The molecule has 2 amide bonds. The number of carbonyl (C=O) groups excluding carboxylic acids is 2. The molecule has 0 aromatic carbocycles. The van der Waals surface area contributed by atoms with Gasteiger partial charge in [-0.25, -0.2) is 0 Å². The van der Waals surface area contributed by atoms with Gasteiger partial charge in [-0.05, 0) is 56.8 Å². The summed E-state index contributed by atoms with van der Waals surface area (Å²) in [5.41, 5.74) is 0. The van der Waals surface area contributed by atoms with Crippen molar-refractivity contribution in [2.75, 3.05) is 6.54 Å². The Hall–Kier alpha value is -1.06. The van der Waals surface area contributed by atoms with Gasteiger partial charge in [-0.3, -0.25) is 9.59 Å². The van der Waals surface area contributed by atoms with E-state index in [1.807, 2.05) is 4.90 Å². The molecule has 1 saturated heterocycles. The standard InChI is InChI=1S/C19H30N2O2/c1-12(17-9-13-6-7-14(17)8-13)20-19(23)15-10-18(22)21(11-15)16-4-2-3-5-16/h12-17H,2-11H2,1H3,(H,20,23)/t12-,13-,14-,15+,17-/m0/s1. The summed E-state index contributed by atoms with van der Waals surface area (Å²) in [4.78, 5) is 26.9. The summed E-state index contributed by atoms with van der Waals surface area (Å²) < 4.78 is 0. The molecule has 4 nitrogen and oxygen atoms in total. The Morgan fingerprint density at radius 3 is 2.61 bits per heavy atom. The molecule has 4 heteroatoms. The molecule has 3 saturated carbocycles. The molecule has 4 rings (SSSR count). The van der Waals surface area contributed by atoms with Gasteiger partial charge in [-0.1, -0.05) is 19.3 Å². The van der Waals surface area contributed by atoms with Crippen LogP contribution in [0.25, 0.3) is 0 Å². The number of rotatable bonds is 4. The van der Waals surface area contributed by atoms with Gasteiger partial charge < -0.3 is 10.2 Å². The minimum atomic E-state index is -0.121. The van der Waals surface area contributed by atoms with E-state index in [1.165, 1.54) is 38.5 Å². The maximum atomic E-state index is 12.6. The predicted octanol–water partition coefficient (Wildman–Crippen LogP) is 2.72. The van der Waals surface area contributed by atoms with Crippen molar-refractivity contribution < 1.29 is 9.59 Å². The first kappa shape index (κ1) is 15.5. The second kappa shape index (κ2) is 6.10. The van der Waals surface area contributed by atoms with Gasteiger partial charge in [-0.2, -0.15) is 0 Å². The van der Waals surface area contributed by atoms with Crippen LogP contribution in [0, 0.1) is 23.7 Å². The second-order valence-corrected chi connectivity index (χ2v) is 8.52. The summed E-state index contributed by atoms with van der Waals surface area (Å²) in [6.07, 6.45) is 10.6. The van der Waals surface area contributed by atoms with Crippen molar-refractivity contribution in [3.05, 3.63) is 0 Å². The van der Waals surface area contributed by atoms with Crippen LogP contribution in [0.2, 0.25) is 0 Å². The van der Waals surface area contributed by atoms with Crippen molar-refractivity contribution in [2.24, 2.45) is 23.7 Å². The third-order valence-electron chi connectivity index (χ3n) is 7.10. The average molecular weight is 318 g/mol. The molecule has 1 N–H and O–H groups in total. The topological polar surface area (TPSA) is 49.4 Å². The molecule has 1 aliphatic heterocycles. The normalized spacial score (nSPS) is 38.5. The highest BCUT2D eigenvalue weighted by Crippen LogP contribution is 2.49. The number of hydrogen-bond donors (Lipinski definition) is 1. The van der Waals surface area contributed by atoms with Gasteiger partial charge in [0.15, 0.2) is 0 Å². The van der Waals surface area contributed by atoms with Gasteiger partial charge in [0.05, 0.1) is 5.92 Å². The summed E-state index contributed by atoms with van der Waals surface area (Å²) in [7, 11) is 0. The third kappa shape index (κ3) is 2.89. The van der Waals surface area contributed by atoms with Crippen LogP contribution < -0.4 is 5.32 Å². The van der Waals surface area contributed by atoms with E-state index in [-0.39, 0.29) is 23.8 Å². The first-order chi connectivity index (χ1) is 11.1. The van der Waals surface area contributed by atoms with Crippen molar-refractivity contribution in [3.63, 3.8) is 0 Å². The first-order valence-electron chi connectivity index (χ1n) is 9.71. The maximum absolute atomic E-state index is 12.6. The van der Waals surface area contributed by atoms with Gasteiger partial charge in [-0.15, -0.1) is 0 Å².